The SMILES string of the molecule is CCCN(CCC)CCNCCNC. The van der Waals surface area contributed by atoms with Crippen molar-refractivity contribution >= 4 is 0 Å². The third-order valence-corrected chi connectivity index (χ3v) is 2.24. The molecule has 0 aliphatic rings. The maximum Gasteiger partial charge on any atom is 0.0107 e. The topological polar surface area (TPSA) is 27.3 Å². The maximum atomic E-state index is 3.43. The Kier molecular flexibility index (Phi) is 10.9. The summed E-state index contributed by atoms with van der Waals surface area (Å²) < 4.78 is 0. The van der Waals surface area contributed by atoms with Crippen molar-refractivity contribution in [1.82, 2.24) is 15.5 Å². The molecule has 0 aliphatic heterocycles. The number of nitrogens with one attached hydrogen (secondary N) is 2. The first kappa shape index (κ1) is 13.9. The molecular formula is C11H27N3. The molecule has 0 radical (unpaired) electrons. The Labute approximate surface area is 89.2 Å². The summed E-state index contributed by atoms with van der Waals surface area (Å²) in [5.74, 6) is 0. The van der Waals surface area contributed by atoms with Crippen molar-refractivity contribution in [3.05, 3.63) is 0 Å². The van der Waals surface area contributed by atoms with Crippen LogP contribution in [0.5, 0.6) is 0 Å². The zero-order valence-corrected chi connectivity index (χ0v) is 10.1. The van der Waals surface area contributed by atoms with Crippen LogP contribution in [0.4, 0.5) is 0 Å². The average molecular weight is 201 g/mol. The molecule has 0 saturated carbocycles. The minimum Gasteiger partial charge on any atom is -0.318 e. The van der Waals surface area contributed by atoms with Crippen LogP contribution in [0, 0.1) is 0 Å². The number of likely N-dealkylation sites (N-methyl/N-ethyl adjacent to an activating group) is 1. The molecule has 0 aliphatic carbocycles. The summed E-state index contributed by atoms with van der Waals surface area (Å²) in [6, 6.07) is 0. The number of nitrogens with zero attached hydrogens (tertiary/aromatic N) is 1. The van der Waals surface area contributed by atoms with Gasteiger partial charge in [-0.25, -0.2) is 0 Å². The molecule has 0 unspecified atom stereocenters. The van der Waals surface area contributed by atoms with Gasteiger partial charge < -0.3 is 15.5 Å². The zero-order chi connectivity index (χ0) is 10.6. The Morgan fingerprint density at radius 3 is 2.00 bits per heavy atom. The predicted octanol–water partition coefficient (Wildman–Crippen LogP) is 0.917. The van der Waals surface area contributed by atoms with Crippen LogP contribution in [0.25, 0.3) is 0 Å². The highest BCUT2D eigenvalue weighted by molar-refractivity contribution is 4.58. The Morgan fingerprint density at radius 2 is 1.50 bits per heavy atom. The number of hydrogen-bond acceptors (Lipinski definition) is 3. The van der Waals surface area contributed by atoms with E-state index in [1.54, 1.807) is 0 Å². The van der Waals surface area contributed by atoms with Gasteiger partial charge in [0, 0.05) is 26.2 Å². The second-order valence-electron chi connectivity index (χ2n) is 3.70. The zero-order valence-electron chi connectivity index (χ0n) is 10.1. The van der Waals surface area contributed by atoms with E-state index in [4.69, 9.17) is 0 Å². The van der Waals surface area contributed by atoms with Crippen molar-refractivity contribution in [2.24, 2.45) is 0 Å². The highest BCUT2D eigenvalue weighted by Crippen LogP contribution is 1.92. The van der Waals surface area contributed by atoms with E-state index in [1.807, 2.05) is 7.05 Å². The molecule has 86 valence electrons. The molecule has 14 heavy (non-hydrogen) atoms. The van der Waals surface area contributed by atoms with Gasteiger partial charge in [-0.3, -0.25) is 0 Å². The number of rotatable bonds is 10. The molecule has 3 heteroatoms. The fourth-order valence-electron chi connectivity index (χ4n) is 1.54. The monoisotopic (exact) mass is 201 g/mol. The first-order chi connectivity index (χ1) is 6.85. The molecule has 0 bridgehead atoms. The minimum atomic E-state index is 1.06. The van der Waals surface area contributed by atoms with Gasteiger partial charge in [0.05, 0.1) is 0 Å². The van der Waals surface area contributed by atoms with E-state index in [2.05, 4.69) is 29.4 Å². The third kappa shape index (κ3) is 8.48. The Morgan fingerprint density at radius 1 is 0.857 bits per heavy atom. The van der Waals surface area contributed by atoms with Crippen molar-refractivity contribution in [2.45, 2.75) is 26.7 Å². The van der Waals surface area contributed by atoms with Gasteiger partial charge in [-0.2, -0.15) is 0 Å². The lowest BCUT2D eigenvalue weighted by Gasteiger charge is -2.20. The molecule has 0 aromatic heterocycles. The molecular weight excluding hydrogens is 174 g/mol. The molecule has 3 nitrogen and oxygen atoms in total. The Bertz CT molecular complexity index is 101. The van der Waals surface area contributed by atoms with E-state index >= 15 is 0 Å². The molecule has 0 aromatic carbocycles. The molecule has 0 heterocycles. The minimum absolute atomic E-state index is 1.06. The van der Waals surface area contributed by atoms with Crippen LogP contribution in [-0.2, 0) is 0 Å². The highest BCUT2D eigenvalue weighted by Gasteiger charge is 2.00. The average Bonchev–Trinajstić information content (AvgIpc) is 2.18. The quantitative estimate of drug-likeness (QED) is 0.515. The van der Waals surface area contributed by atoms with Gasteiger partial charge in [-0.05, 0) is 33.0 Å². The highest BCUT2D eigenvalue weighted by atomic mass is 15.1. The van der Waals surface area contributed by atoms with Gasteiger partial charge in [-0.15, -0.1) is 0 Å². The van der Waals surface area contributed by atoms with Gasteiger partial charge in [0.1, 0.15) is 0 Å². The van der Waals surface area contributed by atoms with Gasteiger partial charge in [0.2, 0.25) is 0 Å². The van der Waals surface area contributed by atoms with Crippen LogP contribution in [0.3, 0.4) is 0 Å². The van der Waals surface area contributed by atoms with Crippen LogP contribution >= 0.6 is 0 Å². The summed E-state index contributed by atoms with van der Waals surface area (Å²) >= 11 is 0. The van der Waals surface area contributed by atoms with E-state index in [0.29, 0.717) is 0 Å². The fraction of sp³-hybridized carbons (Fsp3) is 1.00. The molecule has 0 fully saturated rings. The van der Waals surface area contributed by atoms with E-state index in [-0.39, 0.29) is 0 Å². The Hall–Kier alpha value is -0.120. The molecule has 0 saturated heterocycles. The summed E-state index contributed by atoms with van der Waals surface area (Å²) in [7, 11) is 1.99. The lowest BCUT2D eigenvalue weighted by atomic mass is 10.3. The van der Waals surface area contributed by atoms with Crippen LogP contribution in [0.2, 0.25) is 0 Å². The second kappa shape index (κ2) is 11.0. The van der Waals surface area contributed by atoms with Crippen LogP contribution < -0.4 is 10.6 Å². The lowest BCUT2D eigenvalue weighted by molar-refractivity contribution is 0.274. The van der Waals surface area contributed by atoms with Crippen molar-refractivity contribution in [2.75, 3.05) is 46.3 Å². The summed E-state index contributed by atoms with van der Waals surface area (Å²) in [6.07, 6.45) is 2.52. The third-order valence-electron chi connectivity index (χ3n) is 2.24. The largest absolute Gasteiger partial charge is 0.318 e. The van der Waals surface area contributed by atoms with Gasteiger partial charge in [-0.1, -0.05) is 13.8 Å². The fourth-order valence-corrected chi connectivity index (χ4v) is 1.54. The van der Waals surface area contributed by atoms with E-state index < -0.39 is 0 Å². The van der Waals surface area contributed by atoms with Crippen molar-refractivity contribution < 1.29 is 0 Å². The molecule has 0 rings (SSSR count). The first-order valence-electron chi connectivity index (χ1n) is 5.92. The summed E-state index contributed by atoms with van der Waals surface area (Å²) in [5, 5.41) is 6.56. The predicted molar refractivity (Wildman–Crippen MR) is 63.8 cm³/mol. The smallest absolute Gasteiger partial charge is 0.0107 e. The standard InChI is InChI=1S/C11H27N3/c1-4-9-14(10-5-2)11-8-13-7-6-12-3/h12-13H,4-11H2,1-3H3. The number of hydrogen-bond donors (Lipinski definition) is 2. The molecule has 0 atom stereocenters. The summed E-state index contributed by atoms with van der Waals surface area (Å²) in [5.41, 5.74) is 0. The van der Waals surface area contributed by atoms with E-state index in [0.717, 1.165) is 19.6 Å². The summed E-state index contributed by atoms with van der Waals surface area (Å²) in [4.78, 5) is 2.53. The van der Waals surface area contributed by atoms with Gasteiger partial charge in [0.25, 0.3) is 0 Å². The van der Waals surface area contributed by atoms with Crippen LogP contribution in [-0.4, -0.2) is 51.2 Å². The molecule has 0 spiro atoms. The van der Waals surface area contributed by atoms with Crippen LogP contribution in [0.15, 0.2) is 0 Å². The second-order valence-corrected chi connectivity index (χ2v) is 3.70. The normalized spacial score (nSPS) is 11.1. The lowest BCUT2D eigenvalue weighted by Crippen LogP contribution is -2.35. The summed E-state index contributed by atoms with van der Waals surface area (Å²) in [6.45, 7) is 11.4. The molecule has 0 amide bonds. The van der Waals surface area contributed by atoms with Crippen molar-refractivity contribution in [3.63, 3.8) is 0 Å². The van der Waals surface area contributed by atoms with Gasteiger partial charge in [0.15, 0.2) is 0 Å². The molecule has 2 N–H and O–H groups in total. The van der Waals surface area contributed by atoms with E-state index in [9.17, 15) is 0 Å². The Balaban J connectivity index is 3.30. The molecule has 0 aromatic rings. The van der Waals surface area contributed by atoms with E-state index in [1.165, 1.54) is 32.5 Å². The first-order valence-corrected chi connectivity index (χ1v) is 5.92. The van der Waals surface area contributed by atoms with Crippen molar-refractivity contribution in [1.29, 1.82) is 0 Å². The van der Waals surface area contributed by atoms with Gasteiger partial charge >= 0.3 is 0 Å². The van der Waals surface area contributed by atoms with Crippen LogP contribution in [0.1, 0.15) is 26.7 Å². The maximum absolute atomic E-state index is 3.43. The van der Waals surface area contributed by atoms with Crippen molar-refractivity contribution in [3.8, 4) is 0 Å².